The number of nitrogens with two attached hydrogens (primary N) is 1. The standard InChI is InChI=1S/C24H19ClN8O/c25-17-5-15-7-18(9-28-24(34)14-2-1-13-3-4-27-19(13)8-14)32-20(15)16(6-17)10-33-12-31-21-22(26)29-11-30-23(21)33/h1-8,11-12,27,32H,9-10H2,(H,28,34)(H2,26,29,30). The van der Waals surface area contributed by atoms with Gasteiger partial charge in [-0.3, -0.25) is 4.79 Å². The zero-order valence-corrected chi connectivity index (χ0v) is 18.6. The van der Waals surface area contributed by atoms with E-state index in [1.54, 1.807) is 6.33 Å². The van der Waals surface area contributed by atoms with Crippen molar-refractivity contribution < 1.29 is 4.79 Å². The third-order valence-corrected chi connectivity index (χ3v) is 6.08. The van der Waals surface area contributed by atoms with Crippen LogP contribution in [0.15, 0.2) is 61.3 Å². The molecule has 0 spiro atoms. The lowest BCUT2D eigenvalue weighted by Crippen LogP contribution is -2.22. The number of nitrogens with one attached hydrogen (secondary N) is 3. The van der Waals surface area contributed by atoms with Crippen molar-refractivity contribution in [1.82, 2.24) is 34.8 Å². The number of aromatic nitrogens is 6. The van der Waals surface area contributed by atoms with Gasteiger partial charge in [0.1, 0.15) is 11.8 Å². The molecule has 0 atom stereocenters. The van der Waals surface area contributed by atoms with E-state index in [1.165, 1.54) is 6.33 Å². The first-order valence-electron chi connectivity index (χ1n) is 10.6. The highest BCUT2D eigenvalue weighted by atomic mass is 35.5. The Kier molecular flexibility index (Phi) is 4.70. The van der Waals surface area contributed by atoms with Crippen LogP contribution in [0, 0.1) is 0 Å². The van der Waals surface area contributed by atoms with Gasteiger partial charge in [-0.25, -0.2) is 15.0 Å². The smallest absolute Gasteiger partial charge is 0.251 e. The van der Waals surface area contributed by atoms with Gasteiger partial charge in [-0.05, 0) is 47.3 Å². The number of amides is 1. The number of fused-ring (bicyclic) bond motifs is 3. The van der Waals surface area contributed by atoms with Crippen molar-refractivity contribution in [3.63, 3.8) is 0 Å². The Hall–Kier alpha value is -4.37. The Morgan fingerprint density at radius 1 is 1.09 bits per heavy atom. The Morgan fingerprint density at radius 2 is 2.00 bits per heavy atom. The number of carbonyl (C=O) groups excluding carboxylic acids is 1. The summed E-state index contributed by atoms with van der Waals surface area (Å²) in [5.74, 6) is 0.198. The van der Waals surface area contributed by atoms with Gasteiger partial charge in [0, 0.05) is 33.4 Å². The van der Waals surface area contributed by atoms with E-state index in [-0.39, 0.29) is 5.91 Å². The van der Waals surface area contributed by atoms with Crippen LogP contribution in [0.1, 0.15) is 21.6 Å². The molecule has 6 rings (SSSR count). The van der Waals surface area contributed by atoms with Gasteiger partial charge in [0.05, 0.1) is 24.9 Å². The minimum absolute atomic E-state index is 0.143. The van der Waals surface area contributed by atoms with Crippen molar-refractivity contribution >= 4 is 56.3 Å². The van der Waals surface area contributed by atoms with E-state index in [2.05, 4.69) is 30.2 Å². The number of H-pyrrole nitrogens is 2. The summed E-state index contributed by atoms with van der Waals surface area (Å²) in [5.41, 5.74) is 11.4. The van der Waals surface area contributed by atoms with E-state index in [4.69, 9.17) is 17.3 Å². The molecule has 0 saturated heterocycles. The van der Waals surface area contributed by atoms with Gasteiger partial charge < -0.3 is 25.6 Å². The number of aromatic amines is 2. The van der Waals surface area contributed by atoms with E-state index in [1.807, 2.05) is 53.2 Å². The van der Waals surface area contributed by atoms with Crippen LogP contribution >= 0.6 is 11.6 Å². The number of anilines is 1. The molecule has 10 heteroatoms. The minimum Gasteiger partial charge on any atom is -0.382 e. The van der Waals surface area contributed by atoms with E-state index in [0.29, 0.717) is 40.7 Å². The van der Waals surface area contributed by atoms with Gasteiger partial charge in [-0.15, -0.1) is 0 Å². The number of hydrogen-bond acceptors (Lipinski definition) is 5. The van der Waals surface area contributed by atoms with Gasteiger partial charge in [-0.2, -0.15) is 0 Å². The van der Waals surface area contributed by atoms with Crippen molar-refractivity contribution in [1.29, 1.82) is 0 Å². The van der Waals surface area contributed by atoms with Crippen LogP contribution in [-0.4, -0.2) is 35.4 Å². The Morgan fingerprint density at radius 3 is 2.91 bits per heavy atom. The normalized spacial score (nSPS) is 11.6. The molecule has 0 radical (unpaired) electrons. The van der Waals surface area contributed by atoms with Crippen LogP contribution in [0.5, 0.6) is 0 Å². The number of nitrogen functional groups attached to an aromatic ring is 1. The number of carbonyl (C=O) groups is 1. The summed E-state index contributed by atoms with van der Waals surface area (Å²) in [6, 6.07) is 13.4. The molecular weight excluding hydrogens is 452 g/mol. The van der Waals surface area contributed by atoms with Gasteiger partial charge in [0.2, 0.25) is 0 Å². The predicted octanol–water partition coefficient (Wildman–Crippen LogP) is 4.00. The molecule has 2 aromatic carbocycles. The predicted molar refractivity (Wildman–Crippen MR) is 132 cm³/mol. The number of halogens is 1. The fourth-order valence-corrected chi connectivity index (χ4v) is 4.47. The molecule has 9 nitrogen and oxygen atoms in total. The summed E-state index contributed by atoms with van der Waals surface area (Å²) >= 11 is 6.41. The Bertz CT molecular complexity index is 1700. The lowest BCUT2D eigenvalue weighted by Gasteiger charge is -2.07. The van der Waals surface area contributed by atoms with Crippen molar-refractivity contribution in [2.45, 2.75) is 13.1 Å². The fraction of sp³-hybridized carbons (Fsp3) is 0.0833. The maximum Gasteiger partial charge on any atom is 0.251 e. The van der Waals surface area contributed by atoms with Gasteiger partial charge >= 0.3 is 0 Å². The van der Waals surface area contributed by atoms with Crippen molar-refractivity contribution in [2.75, 3.05) is 5.73 Å². The highest BCUT2D eigenvalue weighted by Crippen LogP contribution is 2.27. The topological polar surface area (TPSA) is 130 Å². The molecule has 0 aliphatic heterocycles. The number of nitrogens with zero attached hydrogens (tertiary/aromatic N) is 4. The lowest BCUT2D eigenvalue weighted by molar-refractivity contribution is 0.0950. The maximum absolute atomic E-state index is 12.7. The van der Waals surface area contributed by atoms with E-state index < -0.39 is 0 Å². The molecule has 0 unspecified atom stereocenters. The van der Waals surface area contributed by atoms with Crippen molar-refractivity contribution in [2.24, 2.45) is 0 Å². The second-order valence-electron chi connectivity index (χ2n) is 8.09. The molecule has 1 amide bonds. The molecule has 5 N–H and O–H groups in total. The highest BCUT2D eigenvalue weighted by molar-refractivity contribution is 6.31. The second-order valence-corrected chi connectivity index (χ2v) is 8.53. The molecule has 168 valence electrons. The summed E-state index contributed by atoms with van der Waals surface area (Å²) in [5, 5.41) is 5.62. The summed E-state index contributed by atoms with van der Waals surface area (Å²) in [6.07, 6.45) is 4.97. The average molecular weight is 471 g/mol. The molecule has 6 aromatic rings. The van der Waals surface area contributed by atoms with Gasteiger partial charge in [0.15, 0.2) is 11.5 Å². The minimum atomic E-state index is -0.143. The van der Waals surface area contributed by atoms with Gasteiger partial charge in [-0.1, -0.05) is 17.7 Å². The summed E-state index contributed by atoms with van der Waals surface area (Å²) in [4.78, 5) is 31.9. The number of imidazole rings is 1. The van der Waals surface area contributed by atoms with Crippen LogP contribution in [0.2, 0.25) is 5.02 Å². The largest absolute Gasteiger partial charge is 0.382 e. The Labute approximate surface area is 198 Å². The van der Waals surface area contributed by atoms with Crippen LogP contribution in [0.25, 0.3) is 33.0 Å². The number of benzene rings is 2. The molecule has 4 aromatic heterocycles. The highest BCUT2D eigenvalue weighted by Gasteiger charge is 2.13. The van der Waals surface area contributed by atoms with Crippen LogP contribution < -0.4 is 11.1 Å². The average Bonchev–Trinajstić information content (AvgIpc) is 3.56. The maximum atomic E-state index is 12.7. The third kappa shape index (κ3) is 3.52. The van der Waals surface area contributed by atoms with Crippen LogP contribution in [0.4, 0.5) is 5.82 Å². The summed E-state index contributed by atoms with van der Waals surface area (Å²) < 4.78 is 1.90. The molecule has 4 heterocycles. The van der Waals surface area contributed by atoms with Gasteiger partial charge in [0.25, 0.3) is 5.91 Å². The molecule has 0 bridgehead atoms. The van der Waals surface area contributed by atoms with E-state index in [0.717, 1.165) is 33.1 Å². The second kappa shape index (κ2) is 7.89. The van der Waals surface area contributed by atoms with Crippen LogP contribution in [0.3, 0.4) is 0 Å². The van der Waals surface area contributed by atoms with Crippen molar-refractivity contribution in [3.8, 4) is 0 Å². The van der Waals surface area contributed by atoms with E-state index in [9.17, 15) is 4.79 Å². The Balaban J connectivity index is 1.26. The third-order valence-electron chi connectivity index (χ3n) is 5.86. The van der Waals surface area contributed by atoms with Crippen molar-refractivity contribution in [3.05, 3.63) is 83.2 Å². The quantitative estimate of drug-likeness (QED) is 0.302. The fourth-order valence-electron chi connectivity index (χ4n) is 4.22. The molecule has 0 aliphatic rings. The number of rotatable bonds is 5. The summed E-state index contributed by atoms with van der Waals surface area (Å²) in [7, 11) is 0. The summed E-state index contributed by atoms with van der Waals surface area (Å²) in [6.45, 7) is 0.845. The molecular formula is C24H19ClN8O. The zero-order valence-electron chi connectivity index (χ0n) is 17.8. The first-order valence-corrected chi connectivity index (χ1v) is 11.0. The molecule has 0 saturated carbocycles. The SMILES string of the molecule is Nc1ncnc2c1ncn2Cc1cc(Cl)cc2cc(CNC(=O)c3ccc4cc[nH]c4c3)[nH]c12. The van der Waals surface area contributed by atoms with Crippen LogP contribution in [-0.2, 0) is 13.1 Å². The number of hydrogen-bond donors (Lipinski definition) is 4. The zero-order chi connectivity index (χ0) is 23.2. The monoisotopic (exact) mass is 470 g/mol. The first kappa shape index (κ1) is 20.3. The van der Waals surface area contributed by atoms with E-state index >= 15 is 0 Å². The first-order chi connectivity index (χ1) is 16.5. The molecule has 34 heavy (non-hydrogen) atoms. The molecule has 0 aliphatic carbocycles. The lowest BCUT2D eigenvalue weighted by atomic mass is 10.1. The molecule has 0 fully saturated rings.